The highest BCUT2D eigenvalue weighted by Crippen LogP contribution is 2.21. The van der Waals surface area contributed by atoms with Gasteiger partial charge in [0, 0.05) is 33.4 Å². The Labute approximate surface area is 127 Å². The van der Waals surface area contributed by atoms with Crippen molar-refractivity contribution in [2.24, 2.45) is 0 Å². The number of carboxylic acid groups (broad SMARTS) is 1. The quantitative estimate of drug-likeness (QED) is 0.830. The van der Waals surface area contributed by atoms with E-state index in [1.54, 1.807) is 17.4 Å². The SMILES string of the molecule is O=C(O)Cn1ccc(NC(=O)CCc2cc(Br)cs2)n1. The Morgan fingerprint density at radius 3 is 2.95 bits per heavy atom. The predicted octanol–water partition coefficient (Wildman–Crippen LogP) is 2.36. The van der Waals surface area contributed by atoms with Crippen molar-refractivity contribution in [2.45, 2.75) is 19.4 Å². The minimum Gasteiger partial charge on any atom is -0.480 e. The summed E-state index contributed by atoms with van der Waals surface area (Å²) in [4.78, 5) is 23.4. The number of hydrogen-bond acceptors (Lipinski definition) is 4. The highest BCUT2D eigenvalue weighted by Gasteiger charge is 2.08. The molecule has 20 heavy (non-hydrogen) atoms. The number of carbonyl (C=O) groups excluding carboxylic acids is 1. The molecule has 0 radical (unpaired) electrons. The summed E-state index contributed by atoms with van der Waals surface area (Å²) in [5.41, 5.74) is 0. The van der Waals surface area contributed by atoms with Crippen LogP contribution in [0.25, 0.3) is 0 Å². The molecular formula is C12H12BrN3O3S. The number of amides is 1. The molecule has 0 bridgehead atoms. The fourth-order valence-corrected chi connectivity index (χ4v) is 3.04. The standard InChI is InChI=1S/C12H12BrN3O3S/c13-8-5-9(20-7-8)1-2-11(17)14-10-3-4-16(15-10)6-12(18)19/h3-5,7H,1-2,6H2,(H,18,19)(H,14,15,17). The topological polar surface area (TPSA) is 84.2 Å². The molecule has 0 aromatic carbocycles. The number of carbonyl (C=O) groups is 2. The van der Waals surface area contributed by atoms with Crippen molar-refractivity contribution in [3.63, 3.8) is 0 Å². The van der Waals surface area contributed by atoms with Gasteiger partial charge in [-0.05, 0) is 28.4 Å². The second kappa shape index (κ2) is 6.67. The molecule has 106 valence electrons. The van der Waals surface area contributed by atoms with Gasteiger partial charge in [-0.1, -0.05) is 0 Å². The number of aryl methyl sites for hydroxylation is 1. The maximum absolute atomic E-state index is 11.7. The Kier molecular flexibility index (Phi) is 4.91. The van der Waals surface area contributed by atoms with Crippen molar-refractivity contribution in [3.05, 3.63) is 33.1 Å². The summed E-state index contributed by atoms with van der Waals surface area (Å²) < 4.78 is 2.28. The largest absolute Gasteiger partial charge is 0.480 e. The Bertz CT molecular complexity index is 623. The molecule has 0 aliphatic rings. The molecule has 0 fully saturated rings. The molecule has 8 heteroatoms. The molecule has 2 rings (SSSR count). The van der Waals surface area contributed by atoms with Crippen LogP contribution in [0.3, 0.4) is 0 Å². The fourth-order valence-electron chi connectivity index (χ4n) is 1.58. The number of carboxylic acids is 1. The Balaban J connectivity index is 1.82. The molecule has 0 spiro atoms. The molecular weight excluding hydrogens is 346 g/mol. The Morgan fingerprint density at radius 1 is 1.50 bits per heavy atom. The zero-order valence-corrected chi connectivity index (χ0v) is 12.8. The lowest BCUT2D eigenvalue weighted by Gasteiger charge is -2.01. The lowest BCUT2D eigenvalue weighted by atomic mass is 10.2. The number of nitrogens with one attached hydrogen (secondary N) is 1. The molecule has 0 aliphatic carbocycles. The van der Waals surface area contributed by atoms with E-state index in [9.17, 15) is 9.59 Å². The third-order valence-electron chi connectivity index (χ3n) is 2.43. The first-order valence-electron chi connectivity index (χ1n) is 5.81. The van der Waals surface area contributed by atoms with E-state index in [4.69, 9.17) is 5.11 Å². The highest BCUT2D eigenvalue weighted by atomic mass is 79.9. The van der Waals surface area contributed by atoms with E-state index >= 15 is 0 Å². The fraction of sp³-hybridized carbons (Fsp3) is 0.250. The summed E-state index contributed by atoms with van der Waals surface area (Å²) in [6, 6.07) is 3.56. The van der Waals surface area contributed by atoms with Crippen molar-refractivity contribution >= 4 is 45.0 Å². The molecule has 0 unspecified atom stereocenters. The van der Waals surface area contributed by atoms with Crippen LogP contribution in [-0.4, -0.2) is 26.8 Å². The average Bonchev–Trinajstić information content (AvgIpc) is 2.95. The summed E-state index contributed by atoms with van der Waals surface area (Å²) in [5, 5.41) is 17.2. The number of anilines is 1. The van der Waals surface area contributed by atoms with E-state index in [0.717, 1.165) is 9.35 Å². The van der Waals surface area contributed by atoms with Gasteiger partial charge in [-0.15, -0.1) is 11.3 Å². The minimum atomic E-state index is -0.978. The molecule has 6 nitrogen and oxygen atoms in total. The van der Waals surface area contributed by atoms with Crippen LogP contribution in [-0.2, 0) is 22.6 Å². The van der Waals surface area contributed by atoms with Gasteiger partial charge in [-0.2, -0.15) is 5.10 Å². The van der Waals surface area contributed by atoms with Crippen LogP contribution in [0, 0.1) is 0 Å². The van der Waals surface area contributed by atoms with E-state index in [0.29, 0.717) is 18.7 Å². The van der Waals surface area contributed by atoms with Gasteiger partial charge >= 0.3 is 5.97 Å². The number of aliphatic carboxylic acids is 1. The maximum Gasteiger partial charge on any atom is 0.325 e. The van der Waals surface area contributed by atoms with Gasteiger partial charge in [0.25, 0.3) is 0 Å². The third-order valence-corrected chi connectivity index (χ3v) is 4.18. The van der Waals surface area contributed by atoms with E-state index in [2.05, 4.69) is 26.3 Å². The molecule has 0 saturated carbocycles. The smallest absolute Gasteiger partial charge is 0.325 e. The van der Waals surface area contributed by atoms with Crippen LogP contribution >= 0.6 is 27.3 Å². The van der Waals surface area contributed by atoms with E-state index < -0.39 is 5.97 Å². The van der Waals surface area contributed by atoms with Crippen LogP contribution in [0.2, 0.25) is 0 Å². The second-order valence-electron chi connectivity index (χ2n) is 4.07. The van der Waals surface area contributed by atoms with E-state index in [1.807, 2.05) is 11.4 Å². The summed E-state index contributed by atoms with van der Waals surface area (Å²) in [6.07, 6.45) is 2.54. The van der Waals surface area contributed by atoms with Crippen LogP contribution in [0.15, 0.2) is 28.2 Å². The number of thiophene rings is 1. The lowest BCUT2D eigenvalue weighted by molar-refractivity contribution is -0.137. The monoisotopic (exact) mass is 357 g/mol. The van der Waals surface area contributed by atoms with Crippen LogP contribution in [0.5, 0.6) is 0 Å². The molecule has 0 aliphatic heterocycles. The lowest BCUT2D eigenvalue weighted by Crippen LogP contribution is -2.14. The highest BCUT2D eigenvalue weighted by molar-refractivity contribution is 9.10. The average molecular weight is 358 g/mol. The Morgan fingerprint density at radius 2 is 2.30 bits per heavy atom. The zero-order valence-electron chi connectivity index (χ0n) is 10.4. The first kappa shape index (κ1) is 14.7. The third kappa shape index (κ3) is 4.46. The number of halogens is 1. The van der Waals surface area contributed by atoms with Gasteiger partial charge in [0.2, 0.25) is 5.91 Å². The summed E-state index contributed by atoms with van der Waals surface area (Å²) in [7, 11) is 0. The van der Waals surface area contributed by atoms with Crippen LogP contribution in [0.4, 0.5) is 5.82 Å². The van der Waals surface area contributed by atoms with Gasteiger partial charge in [-0.3, -0.25) is 14.3 Å². The van der Waals surface area contributed by atoms with E-state index in [1.165, 1.54) is 10.9 Å². The normalized spacial score (nSPS) is 10.4. The van der Waals surface area contributed by atoms with Crippen molar-refractivity contribution in [2.75, 3.05) is 5.32 Å². The zero-order chi connectivity index (χ0) is 14.5. The first-order valence-corrected chi connectivity index (χ1v) is 7.48. The van der Waals surface area contributed by atoms with Gasteiger partial charge in [-0.25, -0.2) is 0 Å². The summed E-state index contributed by atoms with van der Waals surface area (Å²) in [6.45, 7) is -0.223. The molecule has 2 heterocycles. The number of rotatable bonds is 6. The Hall–Kier alpha value is -1.67. The predicted molar refractivity (Wildman–Crippen MR) is 78.8 cm³/mol. The molecule has 0 saturated heterocycles. The van der Waals surface area contributed by atoms with Crippen LogP contribution < -0.4 is 5.32 Å². The van der Waals surface area contributed by atoms with Crippen LogP contribution in [0.1, 0.15) is 11.3 Å². The molecule has 2 aromatic rings. The minimum absolute atomic E-state index is 0.143. The number of nitrogens with zero attached hydrogens (tertiary/aromatic N) is 2. The van der Waals surface area contributed by atoms with Gasteiger partial charge in [0.15, 0.2) is 5.82 Å². The first-order chi connectivity index (χ1) is 9.52. The van der Waals surface area contributed by atoms with Gasteiger partial charge < -0.3 is 10.4 Å². The summed E-state index contributed by atoms with van der Waals surface area (Å²) >= 11 is 4.96. The van der Waals surface area contributed by atoms with E-state index in [-0.39, 0.29) is 12.5 Å². The molecule has 2 N–H and O–H groups in total. The van der Waals surface area contributed by atoms with Crippen molar-refractivity contribution < 1.29 is 14.7 Å². The molecule has 1 amide bonds. The number of aromatic nitrogens is 2. The molecule has 2 aromatic heterocycles. The maximum atomic E-state index is 11.7. The molecule has 0 atom stereocenters. The van der Waals surface area contributed by atoms with Gasteiger partial charge in [0.1, 0.15) is 6.54 Å². The second-order valence-corrected chi connectivity index (χ2v) is 5.98. The van der Waals surface area contributed by atoms with Gasteiger partial charge in [0.05, 0.1) is 0 Å². The van der Waals surface area contributed by atoms with Crippen molar-refractivity contribution in [1.29, 1.82) is 0 Å². The van der Waals surface area contributed by atoms with Crippen molar-refractivity contribution in [1.82, 2.24) is 9.78 Å². The van der Waals surface area contributed by atoms with Crippen molar-refractivity contribution in [3.8, 4) is 0 Å². The summed E-state index contributed by atoms with van der Waals surface area (Å²) in [5.74, 6) is -0.757. The number of hydrogen-bond donors (Lipinski definition) is 2.